The van der Waals surface area contributed by atoms with Gasteiger partial charge in [-0.2, -0.15) is 0 Å². The van der Waals surface area contributed by atoms with E-state index in [9.17, 15) is 0 Å². The van der Waals surface area contributed by atoms with Crippen molar-refractivity contribution < 1.29 is 0 Å². The van der Waals surface area contributed by atoms with E-state index in [0.717, 1.165) is 21.5 Å². The lowest BCUT2D eigenvalue weighted by molar-refractivity contribution is 0.502. The summed E-state index contributed by atoms with van der Waals surface area (Å²) in [6.45, 7) is 3.26. The van der Waals surface area contributed by atoms with Crippen LogP contribution in [-0.2, 0) is 6.54 Å². The van der Waals surface area contributed by atoms with E-state index < -0.39 is 0 Å². The molecule has 2 rings (SSSR count). The number of hydrogen-bond acceptors (Lipinski definition) is 2. The summed E-state index contributed by atoms with van der Waals surface area (Å²) in [4.78, 5) is 0. The van der Waals surface area contributed by atoms with Crippen LogP contribution in [0.15, 0.2) is 30.3 Å². The minimum Gasteiger partial charge on any atom is -0.238 e. The van der Waals surface area contributed by atoms with Crippen molar-refractivity contribution in [3.63, 3.8) is 0 Å². The highest BCUT2D eigenvalue weighted by Crippen LogP contribution is 2.22. The first kappa shape index (κ1) is 19.4. The van der Waals surface area contributed by atoms with Crippen LogP contribution in [-0.4, -0.2) is 15.0 Å². The third-order valence-corrected chi connectivity index (χ3v) is 5.51. The molecule has 1 aromatic carbocycles. The molecule has 0 fully saturated rings. The van der Waals surface area contributed by atoms with E-state index in [-0.39, 0.29) is 0 Å². The Morgan fingerprint density at radius 2 is 1.42 bits per heavy atom. The summed E-state index contributed by atoms with van der Waals surface area (Å²) in [6, 6.07) is 10.3. The fraction of sp³-hybridized carbons (Fsp3) is 0.600. The van der Waals surface area contributed by atoms with Gasteiger partial charge in [-0.05, 0) is 29.0 Å². The van der Waals surface area contributed by atoms with Crippen LogP contribution in [0.1, 0.15) is 71.1 Å². The predicted octanol–water partition coefficient (Wildman–Crippen LogP) is 6.47. The number of benzene rings is 1. The standard InChI is InChI=1S/C20H30IN3/c1-2-3-4-5-6-7-8-9-10-14-17-24-20(21)19(22-23-24)18-15-12-11-13-16-18/h11-13,15-16H,2-10,14,17H2,1H3. The molecule has 1 aromatic heterocycles. The molecule has 0 amide bonds. The average molecular weight is 439 g/mol. The first-order valence-electron chi connectivity index (χ1n) is 9.47. The minimum absolute atomic E-state index is 0.981. The number of nitrogens with zero attached hydrogens (tertiary/aromatic N) is 3. The van der Waals surface area contributed by atoms with Gasteiger partial charge in [-0.25, -0.2) is 4.68 Å². The molecule has 0 unspecified atom stereocenters. The molecule has 0 aliphatic heterocycles. The predicted molar refractivity (Wildman–Crippen MR) is 110 cm³/mol. The molecule has 0 aliphatic rings. The Kier molecular flexibility index (Phi) is 9.39. The second kappa shape index (κ2) is 11.6. The van der Waals surface area contributed by atoms with Crippen LogP contribution in [0.4, 0.5) is 0 Å². The van der Waals surface area contributed by atoms with Crippen molar-refractivity contribution in [3.05, 3.63) is 34.0 Å². The van der Waals surface area contributed by atoms with Crippen molar-refractivity contribution in [2.45, 2.75) is 77.7 Å². The van der Waals surface area contributed by atoms with Gasteiger partial charge in [0.05, 0.1) is 0 Å². The van der Waals surface area contributed by atoms with Gasteiger partial charge < -0.3 is 0 Å². The molecule has 0 bridgehead atoms. The maximum atomic E-state index is 4.36. The Labute approximate surface area is 160 Å². The highest BCUT2D eigenvalue weighted by molar-refractivity contribution is 14.1. The van der Waals surface area contributed by atoms with Gasteiger partial charge in [-0.15, -0.1) is 5.10 Å². The topological polar surface area (TPSA) is 30.7 Å². The number of aromatic nitrogens is 3. The molecule has 2 aromatic rings. The Bertz CT molecular complexity index is 566. The maximum absolute atomic E-state index is 4.36. The summed E-state index contributed by atoms with van der Waals surface area (Å²) in [5, 5.41) is 8.68. The van der Waals surface area contributed by atoms with E-state index in [4.69, 9.17) is 0 Å². The van der Waals surface area contributed by atoms with Gasteiger partial charge in [0, 0.05) is 12.1 Å². The third kappa shape index (κ3) is 6.54. The molecule has 1 heterocycles. The van der Waals surface area contributed by atoms with Gasteiger partial charge >= 0.3 is 0 Å². The molecule has 0 spiro atoms. The van der Waals surface area contributed by atoms with Gasteiger partial charge in [0.1, 0.15) is 9.39 Å². The Morgan fingerprint density at radius 3 is 2.04 bits per heavy atom. The summed E-state index contributed by atoms with van der Waals surface area (Å²) < 4.78 is 3.20. The number of unbranched alkanes of at least 4 members (excludes halogenated alkanes) is 9. The zero-order valence-corrected chi connectivity index (χ0v) is 17.0. The van der Waals surface area contributed by atoms with Crippen molar-refractivity contribution >= 4 is 22.6 Å². The van der Waals surface area contributed by atoms with Gasteiger partial charge in [-0.3, -0.25) is 0 Å². The summed E-state index contributed by atoms with van der Waals surface area (Å²) >= 11 is 2.37. The van der Waals surface area contributed by atoms with Crippen LogP contribution in [0, 0.1) is 3.70 Å². The van der Waals surface area contributed by atoms with Crippen LogP contribution in [0.5, 0.6) is 0 Å². The van der Waals surface area contributed by atoms with Gasteiger partial charge in [0.2, 0.25) is 0 Å². The summed E-state index contributed by atoms with van der Waals surface area (Å²) in [7, 11) is 0. The van der Waals surface area contributed by atoms with E-state index in [1.807, 2.05) is 22.9 Å². The summed E-state index contributed by atoms with van der Waals surface area (Å²) in [5.41, 5.74) is 2.15. The number of halogens is 1. The van der Waals surface area contributed by atoms with Gasteiger partial charge in [0.25, 0.3) is 0 Å². The van der Waals surface area contributed by atoms with Gasteiger partial charge in [-0.1, -0.05) is 100 Å². The molecule has 0 aliphatic carbocycles. The number of rotatable bonds is 12. The molecule has 24 heavy (non-hydrogen) atoms. The quantitative estimate of drug-likeness (QED) is 0.280. The smallest absolute Gasteiger partial charge is 0.127 e. The molecule has 0 atom stereocenters. The normalized spacial score (nSPS) is 11.1. The van der Waals surface area contributed by atoms with Crippen LogP contribution in [0.2, 0.25) is 0 Å². The zero-order chi connectivity index (χ0) is 17.0. The molecule has 0 N–H and O–H groups in total. The lowest BCUT2D eigenvalue weighted by atomic mass is 10.1. The average Bonchev–Trinajstić information content (AvgIpc) is 2.98. The van der Waals surface area contributed by atoms with Crippen LogP contribution in [0.3, 0.4) is 0 Å². The van der Waals surface area contributed by atoms with E-state index in [0.29, 0.717) is 0 Å². The lowest BCUT2D eigenvalue weighted by Gasteiger charge is -2.04. The van der Waals surface area contributed by atoms with Gasteiger partial charge in [0.15, 0.2) is 0 Å². The molecule has 3 nitrogen and oxygen atoms in total. The second-order valence-electron chi connectivity index (χ2n) is 6.50. The fourth-order valence-corrected chi connectivity index (χ4v) is 3.72. The Balaban J connectivity index is 1.61. The molecule has 0 radical (unpaired) electrons. The summed E-state index contributed by atoms with van der Waals surface area (Å²) in [6.07, 6.45) is 13.6. The van der Waals surface area contributed by atoms with Crippen LogP contribution in [0.25, 0.3) is 11.3 Å². The van der Waals surface area contributed by atoms with E-state index >= 15 is 0 Å². The first-order chi connectivity index (χ1) is 11.8. The lowest BCUT2D eigenvalue weighted by Crippen LogP contribution is -2.02. The maximum Gasteiger partial charge on any atom is 0.127 e. The Morgan fingerprint density at radius 1 is 0.833 bits per heavy atom. The van der Waals surface area contributed by atoms with Crippen molar-refractivity contribution in [1.29, 1.82) is 0 Å². The zero-order valence-electron chi connectivity index (χ0n) is 14.9. The molecule has 4 heteroatoms. The molecule has 0 saturated heterocycles. The molecule has 132 valence electrons. The largest absolute Gasteiger partial charge is 0.238 e. The van der Waals surface area contributed by atoms with Crippen LogP contribution >= 0.6 is 22.6 Å². The number of aryl methyl sites for hydroxylation is 1. The highest BCUT2D eigenvalue weighted by Gasteiger charge is 2.11. The van der Waals surface area contributed by atoms with Crippen LogP contribution < -0.4 is 0 Å². The second-order valence-corrected chi connectivity index (χ2v) is 7.52. The minimum atomic E-state index is 0.981. The van der Waals surface area contributed by atoms with Crippen molar-refractivity contribution in [1.82, 2.24) is 15.0 Å². The van der Waals surface area contributed by atoms with Crippen molar-refractivity contribution in [2.75, 3.05) is 0 Å². The molecular weight excluding hydrogens is 409 g/mol. The van der Waals surface area contributed by atoms with E-state index in [2.05, 4.69) is 52.0 Å². The first-order valence-corrected chi connectivity index (χ1v) is 10.5. The monoisotopic (exact) mass is 439 g/mol. The molecule has 0 saturated carbocycles. The SMILES string of the molecule is CCCCCCCCCCCCn1nnc(-c2ccccc2)c1I. The Hall–Kier alpha value is -0.910. The van der Waals surface area contributed by atoms with E-state index in [1.54, 1.807) is 0 Å². The van der Waals surface area contributed by atoms with Crippen molar-refractivity contribution in [3.8, 4) is 11.3 Å². The fourth-order valence-electron chi connectivity index (χ4n) is 2.97. The summed E-state index contributed by atoms with van der Waals surface area (Å²) in [5.74, 6) is 0. The molecular formula is C20H30IN3. The third-order valence-electron chi connectivity index (χ3n) is 4.45. The number of hydrogen-bond donors (Lipinski definition) is 0. The van der Waals surface area contributed by atoms with Crippen molar-refractivity contribution in [2.24, 2.45) is 0 Å². The highest BCUT2D eigenvalue weighted by atomic mass is 127. The van der Waals surface area contributed by atoms with E-state index in [1.165, 1.54) is 64.2 Å².